The lowest BCUT2D eigenvalue weighted by atomic mass is 9.46. The van der Waals surface area contributed by atoms with Crippen LogP contribution in [0, 0.1) is 11.3 Å². The highest BCUT2D eigenvalue weighted by Gasteiger charge is 2.66. The molecular formula is C23H36IN3O3. The molecular weight excluding hydrogens is 493 g/mol. The maximum Gasteiger partial charge on any atom is 0.191 e. The average molecular weight is 529 g/mol. The van der Waals surface area contributed by atoms with E-state index in [-0.39, 0.29) is 30.1 Å². The Kier molecular flexibility index (Phi) is 7.90. The van der Waals surface area contributed by atoms with Crippen LogP contribution in [0.5, 0.6) is 5.75 Å². The summed E-state index contributed by atoms with van der Waals surface area (Å²) in [7, 11) is 0. The van der Waals surface area contributed by atoms with Crippen LogP contribution < -0.4 is 15.4 Å². The molecule has 1 aliphatic heterocycles. The monoisotopic (exact) mass is 529 g/mol. The predicted octanol–water partition coefficient (Wildman–Crippen LogP) is 3.64. The number of aliphatic hydroxyl groups excluding tert-OH is 1. The summed E-state index contributed by atoms with van der Waals surface area (Å²) in [5, 5.41) is 17.7. The van der Waals surface area contributed by atoms with Crippen molar-refractivity contribution in [1.29, 1.82) is 0 Å². The Morgan fingerprint density at radius 2 is 2.17 bits per heavy atom. The largest absolute Gasteiger partial charge is 0.491 e. The summed E-state index contributed by atoms with van der Waals surface area (Å²) in [6.07, 6.45) is 4.80. The molecule has 0 aromatic heterocycles. The van der Waals surface area contributed by atoms with Crippen LogP contribution in [0.1, 0.15) is 58.1 Å². The number of aliphatic hydroxyl groups is 1. The maximum atomic E-state index is 10.7. The SMILES string of the molecule is CCNC(=NCC(O)c1cccc(OC(C)C)c1)NC1C2CCOC2C12CCC2.I. The van der Waals surface area contributed by atoms with E-state index in [9.17, 15) is 5.11 Å². The molecule has 1 aromatic carbocycles. The second-order valence-electron chi connectivity index (χ2n) is 8.93. The highest BCUT2D eigenvalue weighted by Crippen LogP contribution is 2.62. The Bertz CT molecular complexity index is 738. The molecule has 4 unspecified atom stereocenters. The standard InChI is InChI=1S/C23H35N3O3.HI/c1-4-24-22(26-20-18-9-12-28-21(18)23(20)10-6-11-23)25-14-19(27)16-7-5-8-17(13-16)29-15(2)3;/h5,7-8,13,15,18-21,27H,4,6,9-12,14H2,1-3H3,(H2,24,25,26);1H. The topological polar surface area (TPSA) is 75.1 Å². The van der Waals surface area contributed by atoms with Crippen molar-refractivity contribution in [1.82, 2.24) is 10.6 Å². The fourth-order valence-electron chi connectivity index (χ4n) is 5.27. The minimum Gasteiger partial charge on any atom is -0.491 e. The lowest BCUT2D eigenvalue weighted by Gasteiger charge is -2.63. The van der Waals surface area contributed by atoms with Gasteiger partial charge in [-0.25, -0.2) is 0 Å². The smallest absolute Gasteiger partial charge is 0.191 e. The van der Waals surface area contributed by atoms with Gasteiger partial charge in [0.15, 0.2) is 5.96 Å². The van der Waals surface area contributed by atoms with Gasteiger partial charge in [-0.1, -0.05) is 18.6 Å². The van der Waals surface area contributed by atoms with E-state index in [0.29, 0.717) is 30.0 Å². The van der Waals surface area contributed by atoms with Gasteiger partial charge in [-0.15, -0.1) is 24.0 Å². The van der Waals surface area contributed by atoms with Crippen LogP contribution in [0.25, 0.3) is 0 Å². The molecule has 6 nitrogen and oxygen atoms in total. The summed E-state index contributed by atoms with van der Waals surface area (Å²) in [6, 6.07) is 8.08. The summed E-state index contributed by atoms with van der Waals surface area (Å²) in [5.41, 5.74) is 1.13. The highest BCUT2D eigenvalue weighted by atomic mass is 127. The fraction of sp³-hybridized carbons (Fsp3) is 0.696. The number of rotatable bonds is 7. The van der Waals surface area contributed by atoms with Crippen molar-refractivity contribution < 1.29 is 14.6 Å². The molecule has 1 spiro atoms. The molecule has 30 heavy (non-hydrogen) atoms. The molecule has 0 amide bonds. The minimum atomic E-state index is -0.664. The first-order chi connectivity index (χ1) is 14.0. The van der Waals surface area contributed by atoms with Gasteiger partial charge >= 0.3 is 0 Å². The van der Waals surface area contributed by atoms with E-state index in [4.69, 9.17) is 14.5 Å². The molecule has 0 radical (unpaired) electrons. The molecule has 4 rings (SSSR count). The number of aliphatic imine (C=N–C) groups is 1. The molecule has 3 N–H and O–H groups in total. The Morgan fingerprint density at radius 1 is 1.37 bits per heavy atom. The van der Waals surface area contributed by atoms with Gasteiger partial charge in [0.05, 0.1) is 24.9 Å². The van der Waals surface area contributed by atoms with Gasteiger partial charge in [0.1, 0.15) is 5.75 Å². The van der Waals surface area contributed by atoms with E-state index in [2.05, 4.69) is 17.6 Å². The maximum absolute atomic E-state index is 10.7. The van der Waals surface area contributed by atoms with E-state index in [0.717, 1.165) is 36.8 Å². The van der Waals surface area contributed by atoms with E-state index < -0.39 is 6.10 Å². The molecule has 3 fully saturated rings. The summed E-state index contributed by atoms with van der Waals surface area (Å²) >= 11 is 0. The van der Waals surface area contributed by atoms with Crippen LogP contribution in [0.2, 0.25) is 0 Å². The minimum absolute atomic E-state index is 0. The molecule has 4 atom stereocenters. The number of ether oxygens (including phenoxy) is 2. The van der Waals surface area contributed by atoms with Gasteiger partial charge in [0.2, 0.25) is 0 Å². The van der Waals surface area contributed by atoms with Gasteiger partial charge < -0.3 is 25.2 Å². The number of hydrogen-bond acceptors (Lipinski definition) is 4. The number of nitrogens with one attached hydrogen (secondary N) is 2. The van der Waals surface area contributed by atoms with Gasteiger partial charge in [-0.3, -0.25) is 4.99 Å². The second kappa shape index (κ2) is 10.0. The molecule has 2 saturated carbocycles. The van der Waals surface area contributed by atoms with E-state index in [1.807, 2.05) is 38.1 Å². The van der Waals surface area contributed by atoms with Crippen molar-refractivity contribution >= 4 is 29.9 Å². The number of benzene rings is 1. The van der Waals surface area contributed by atoms with Crippen LogP contribution >= 0.6 is 24.0 Å². The zero-order valence-corrected chi connectivity index (χ0v) is 20.6. The molecule has 1 aromatic rings. The molecule has 0 bridgehead atoms. The lowest BCUT2D eigenvalue weighted by Crippen LogP contribution is -2.72. The van der Waals surface area contributed by atoms with Gasteiger partial charge in [-0.2, -0.15) is 0 Å². The van der Waals surface area contributed by atoms with E-state index in [1.54, 1.807) is 0 Å². The summed E-state index contributed by atoms with van der Waals surface area (Å²) < 4.78 is 11.8. The van der Waals surface area contributed by atoms with Gasteiger partial charge in [-0.05, 0) is 57.7 Å². The third-order valence-electron chi connectivity index (χ3n) is 6.71. The fourth-order valence-corrected chi connectivity index (χ4v) is 5.27. The molecule has 3 aliphatic rings. The molecule has 1 saturated heterocycles. The predicted molar refractivity (Wildman–Crippen MR) is 130 cm³/mol. The van der Waals surface area contributed by atoms with Crippen molar-refractivity contribution in [2.45, 2.75) is 70.8 Å². The Balaban J connectivity index is 0.00000256. The van der Waals surface area contributed by atoms with Crippen LogP contribution in [0.15, 0.2) is 29.3 Å². The van der Waals surface area contributed by atoms with Crippen molar-refractivity contribution in [3.63, 3.8) is 0 Å². The molecule has 7 heteroatoms. The summed E-state index contributed by atoms with van der Waals surface area (Å²) in [5.74, 6) is 2.16. The first kappa shape index (κ1) is 23.6. The number of guanidine groups is 1. The van der Waals surface area contributed by atoms with Crippen molar-refractivity contribution in [3.8, 4) is 5.75 Å². The molecule has 2 aliphatic carbocycles. The van der Waals surface area contributed by atoms with Crippen molar-refractivity contribution in [2.24, 2.45) is 16.3 Å². The first-order valence-electron chi connectivity index (χ1n) is 11.1. The quantitative estimate of drug-likeness (QED) is 0.286. The number of halogens is 1. The van der Waals surface area contributed by atoms with Crippen molar-refractivity contribution in [3.05, 3.63) is 29.8 Å². The molecule has 1 heterocycles. The van der Waals surface area contributed by atoms with E-state index in [1.165, 1.54) is 19.3 Å². The third-order valence-corrected chi connectivity index (χ3v) is 6.71. The lowest BCUT2D eigenvalue weighted by molar-refractivity contribution is -0.171. The normalized spacial score (nSPS) is 27.5. The second-order valence-corrected chi connectivity index (χ2v) is 8.93. The van der Waals surface area contributed by atoms with E-state index >= 15 is 0 Å². The third kappa shape index (κ3) is 4.58. The van der Waals surface area contributed by atoms with Gasteiger partial charge in [0.25, 0.3) is 0 Å². The Hall–Kier alpha value is -1.06. The summed E-state index contributed by atoms with van der Waals surface area (Å²) in [4.78, 5) is 4.70. The Morgan fingerprint density at radius 3 is 2.83 bits per heavy atom. The van der Waals surface area contributed by atoms with Crippen LogP contribution in [0.4, 0.5) is 0 Å². The Labute approximate surface area is 197 Å². The number of hydrogen-bond donors (Lipinski definition) is 3. The van der Waals surface area contributed by atoms with Crippen LogP contribution in [-0.2, 0) is 4.74 Å². The average Bonchev–Trinajstić information content (AvgIpc) is 3.07. The van der Waals surface area contributed by atoms with Crippen LogP contribution in [-0.4, -0.2) is 49.0 Å². The first-order valence-corrected chi connectivity index (χ1v) is 11.1. The summed E-state index contributed by atoms with van der Waals surface area (Å²) in [6.45, 7) is 8.06. The zero-order chi connectivity index (χ0) is 20.4. The zero-order valence-electron chi connectivity index (χ0n) is 18.3. The number of fused-ring (bicyclic) bond motifs is 2. The van der Waals surface area contributed by atoms with Crippen LogP contribution in [0.3, 0.4) is 0 Å². The van der Waals surface area contributed by atoms with Crippen molar-refractivity contribution in [2.75, 3.05) is 19.7 Å². The van der Waals surface area contributed by atoms with Gasteiger partial charge in [0, 0.05) is 30.5 Å². The highest BCUT2D eigenvalue weighted by molar-refractivity contribution is 14.0. The number of nitrogens with zero attached hydrogens (tertiary/aromatic N) is 1. The molecule has 168 valence electrons.